The summed E-state index contributed by atoms with van der Waals surface area (Å²) in [7, 11) is 0. The van der Waals surface area contributed by atoms with Gasteiger partial charge in [-0.15, -0.1) is 0 Å². The maximum absolute atomic E-state index is 15.3. The largest absolute Gasteiger partial charge is 0.463 e. The highest BCUT2D eigenvalue weighted by molar-refractivity contribution is 5.83. The van der Waals surface area contributed by atoms with E-state index >= 15 is 9.59 Å². The smallest absolute Gasteiger partial charge is 0.303 e. The van der Waals surface area contributed by atoms with E-state index in [0.29, 0.717) is 0 Å². The maximum Gasteiger partial charge on any atom is 0.303 e. The molecule has 4 rings (SSSR count). The molecule has 21 atom stereocenters. The Bertz CT molecular complexity index is 3540. The first-order valence-corrected chi connectivity index (χ1v) is 33.1. The molecule has 0 spiro atoms. The third-order valence-electron chi connectivity index (χ3n) is 15.4. The monoisotopic (exact) mass is 1660 g/mol. The first kappa shape index (κ1) is 73.0. The van der Waals surface area contributed by atoms with Crippen LogP contribution < -0.4 is 5.73 Å². The average Bonchev–Trinajstić information content (AvgIpc) is 0.798. The predicted molar refractivity (Wildman–Crippen MR) is 362 cm³/mol. The zero-order valence-electron chi connectivity index (χ0n) is 77.0. The Morgan fingerprint density at radius 2 is 0.474 bits per heavy atom. The number of hydrogen-bond acceptors (Lipinski definition) is 43. The van der Waals surface area contributed by atoms with Crippen molar-refractivity contribution in [1.29, 1.82) is 0 Å². The fraction of sp³-hybridized carbons (Fsp3) is 0.739. The number of amides is 2. The number of hydrogen-bond donors (Lipinski definition) is 1. The number of ether oxygens (including phenoxy) is 24. The van der Waals surface area contributed by atoms with Crippen molar-refractivity contribution in [2.75, 3.05) is 79.0 Å². The molecule has 0 saturated carbocycles. The SMILES string of the molecule is [2H]CC(=O)OC[C@H]1OC(OCCN(CCOC2O[C@H](COC(=O)C[2H])[C@@H](OC(=O)C[2H])[C@H](OC(=O)C[2H])[C@@H]2OC(=O)C[2H])C(=O)CC[C@H](N)C(=O)N(CCOC2O[C@H](COC(=O)C[2H])[C@@H](OC(=O)C[2H])[C@H](OC(=O)C[2H])[C@@H]2OC(=O)C[2H])CCOC2O[C@H](COC(=O)C[2H])[C@@H](OC(=O)C[2H])[C@H](OC(=O)C[2H])[C@@H]2OC(=O)C[2H])[C@@H](OC(=O)C[2H])[C@@H](OC(=O)C[2H])[C@@H]1OC(=O)C[2H]. The molecule has 0 aliphatic carbocycles. The zero-order chi connectivity index (χ0) is 96.9. The third kappa shape index (κ3) is 32.5. The molecule has 0 radical (unpaired) electrons. The highest BCUT2D eigenvalue weighted by Crippen LogP contribution is 2.35. The number of esters is 16. The number of nitrogens with two attached hydrogens (primary N) is 1. The number of carbonyl (C=O) groups excluding carboxylic acids is 18. The zero-order valence-corrected chi connectivity index (χ0v) is 61.0. The minimum Gasteiger partial charge on any atom is -0.463 e. The van der Waals surface area contributed by atoms with Gasteiger partial charge in [-0.1, -0.05) is 0 Å². The van der Waals surface area contributed by atoms with Gasteiger partial charge in [0.1, 0.15) is 50.8 Å². The van der Waals surface area contributed by atoms with E-state index in [1.54, 1.807) is 0 Å². The number of carbonyl (C=O) groups is 18. The molecule has 4 aliphatic heterocycles. The summed E-state index contributed by atoms with van der Waals surface area (Å²) in [6.07, 6.45) is -43.1. The van der Waals surface area contributed by atoms with Gasteiger partial charge in [0.05, 0.1) is 32.5 Å². The van der Waals surface area contributed by atoms with Crippen LogP contribution in [-0.4, -0.2) is 325 Å². The lowest BCUT2D eigenvalue weighted by molar-refractivity contribution is -0.309. The predicted octanol–water partition coefficient (Wildman–Crippen LogP) is -2.85. The van der Waals surface area contributed by atoms with Crippen LogP contribution in [0.2, 0.25) is 0 Å². The molecule has 45 heteroatoms. The Kier molecular flexibility index (Phi) is 30.2. The van der Waals surface area contributed by atoms with Crippen LogP contribution in [0.3, 0.4) is 0 Å². The Morgan fingerprint density at radius 3 is 0.684 bits per heavy atom. The lowest BCUT2D eigenvalue weighted by atomic mass is 9.98. The molecule has 4 aliphatic rings. The van der Waals surface area contributed by atoms with E-state index in [-0.39, 0.29) is 0 Å². The van der Waals surface area contributed by atoms with Crippen LogP contribution in [0.4, 0.5) is 0 Å². The summed E-state index contributed by atoms with van der Waals surface area (Å²) in [5, 5.41) is 0. The minimum absolute atomic E-state index is 0.772. The van der Waals surface area contributed by atoms with Gasteiger partial charge in [0, 0.05) is 165 Å². The summed E-state index contributed by atoms with van der Waals surface area (Å²) in [6.45, 7) is -29.0. The molecule has 0 aromatic rings. The molecule has 114 heavy (non-hydrogen) atoms. The van der Waals surface area contributed by atoms with E-state index in [1.807, 2.05) is 0 Å². The summed E-state index contributed by atoms with van der Waals surface area (Å²) in [5.74, 6) is -24.0. The van der Waals surface area contributed by atoms with Gasteiger partial charge in [0.2, 0.25) is 11.8 Å². The summed E-state index contributed by atoms with van der Waals surface area (Å²) in [4.78, 5) is 237. The summed E-state index contributed by atoms with van der Waals surface area (Å²) in [6, 6.07) is -1.98. The molecule has 45 nitrogen and oxygen atoms in total. The highest BCUT2D eigenvalue weighted by Gasteiger charge is 2.57. The van der Waals surface area contributed by atoms with Crippen molar-refractivity contribution in [3.8, 4) is 0 Å². The molecule has 642 valence electrons. The second kappa shape index (κ2) is 47.1. The maximum atomic E-state index is 15.3. The van der Waals surface area contributed by atoms with Crippen molar-refractivity contribution in [3.63, 3.8) is 0 Å². The third-order valence-corrected chi connectivity index (χ3v) is 15.4. The Labute approximate surface area is 675 Å². The number of nitrogens with zero attached hydrogens (tertiary/aromatic N) is 2. The summed E-state index contributed by atoms with van der Waals surface area (Å²) in [5.41, 5.74) is 6.67. The van der Waals surface area contributed by atoms with Gasteiger partial charge >= 0.3 is 95.5 Å². The molecule has 0 aromatic heterocycles. The molecular formula is C69H99N3O42. The molecule has 4 heterocycles. The van der Waals surface area contributed by atoms with Crippen molar-refractivity contribution in [1.82, 2.24) is 9.80 Å². The molecule has 4 unspecified atom stereocenters. The molecule has 2 amide bonds. The van der Waals surface area contributed by atoms with Crippen LogP contribution in [0.25, 0.3) is 0 Å². The molecule has 4 fully saturated rings. The topological polar surface area (TPSA) is 561 Å². The van der Waals surface area contributed by atoms with Gasteiger partial charge in [-0.2, -0.15) is 0 Å². The van der Waals surface area contributed by atoms with Crippen LogP contribution in [0, 0.1) is 0 Å². The van der Waals surface area contributed by atoms with Crippen LogP contribution in [0.1, 0.15) is 145 Å². The van der Waals surface area contributed by atoms with E-state index in [4.69, 9.17) is 141 Å². The molecule has 4 saturated heterocycles. The van der Waals surface area contributed by atoms with Gasteiger partial charge < -0.3 is 129 Å². The normalized spacial score (nSPS) is 29.0. The standard InChI is InChI=1S/C69H99N3O42/c1-31(73)95-27-48-53(99-35(5)77)57(103-39(9)81)61(107-43(13)85)66(111-48)91-23-19-71(20-24-92-67-62(108-44(14)86)58(104-40(10)82)54(100-36(6)78)49(112-67)28-96-32(2)74)52(89)18-17-47(70)65(90)72(21-25-93-68-63(109-45(15)87)59(105-41(11)83)55(101-37(7)79)50(113-68)29-97-33(3)75)22-26-94-69-64(110-46(16)88)60(106-42(12)84)56(102-38(8)80)51(114-69)30-98-34(4)76/h47-51,53-64,66-69H,17-30,70H2,1-16H3/t47-,48+,49+,50+,51+,53+,54+,55+,56+,57-,58-,59-,60-,61-,62-,63-,64-,66?,67?,68?,69?/m0/s1/i1D,2D,3D,4D,5D,6D,7D,8D,9D,10D,11D,12D,13D,14D,15D,16D. The fourth-order valence-corrected chi connectivity index (χ4v) is 11.3. The second-order valence-electron chi connectivity index (χ2n) is 23.7. The van der Waals surface area contributed by atoms with Crippen LogP contribution >= 0.6 is 0 Å². The van der Waals surface area contributed by atoms with Gasteiger partial charge in [0.25, 0.3) is 0 Å². The minimum atomic E-state index is -2.17. The van der Waals surface area contributed by atoms with Crippen molar-refractivity contribution in [2.45, 2.75) is 252 Å². The fourth-order valence-electron chi connectivity index (χ4n) is 11.3. The quantitative estimate of drug-likeness (QED) is 0.0476. The van der Waals surface area contributed by atoms with Gasteiger partial charge in [0.15, 0.2) is 98.4 Å². The highest BCUT2D eigenvalue weighted by atomic mass is 16.8. The number of rotatable bonds is 40. The lowest BCUT2D eigenvalue weighted by Crippen LogP contribution is -2.63. The van der Waals surface area contributed by atoms with E-state index in [1.165, 1.54) is 0 Å². The summed E-state index contributed by atoms with van der Waals surface area (Å²) < 4.78 is 255. The van der Waals surface area contributed by atoms with E-state index in [2.05, 4.69) is 0 Å². The first-order valence-electron chi connectivity index (χ1n) is 44.4. The van der Waals surface area contributed by atoms with E-state index in [0.717, 1.165) is 9.80 Å². The van der Waals surface area contributed by atoms with Gasteiger partial charge in [-0.25, -0.2) is 0 Å². The van der Waals surface area contributed by atoms with Crippen molar-refractivity contribution >= 4 is 107 Å². The van der Waals surface area contributed by atoms with Crippen molar-refractivity contribution in [2.24, 2.45) is 5.73 Å². The van der Waals surface area contributed by atoms with Gasteiger partial charge in [-0.05, 0) is 6.42 Å². The average molecular weight is 1660 g/mol. The van der Waals surface area contributed by atoms with Gasteiger partial charge in [-0.3, -0.25) is 86.3 Å². The van der Waals surface area contributed by atoms with Crippen LogP contribution in [0.15, 0.2) is 0 Å². The van der Waals surface area contributed by atoms with Crippen molar-refractivity contribution < 1.29 is 222 Å². The van der Waals surface area contributed by atoms with E-state index in [9.17, 15) is 76.7 Å². The van der Waals surface area contributed by atoms with Crippen LogP contribution in [0.5, 0.6) is 0 Å². The Morgan fingerprint density at radius 1 is 0.281 bits per heavy atom. The van der Waals surface area contributed by atoms with Crippen LogP contribution in [-0.2, 0) is 200 Å². The van der Waals surface area contributed by atoms with Crippen molar-refractivity contribution in [3.05, 3.63) is 0 Å². The Hall–Kier alpha value is -9.90. The summed E-state index contributed by atoms with van der Waals surface area (Å²) >= 11 is 0. The first-order chi connectivity index (χ1) is 62.1. The molecular weight excluding hydrogens is 1540 g/mol. The molecule has 0 aromatic carbocycles. The molecule has 2 N–H and O–H groups in total. The lowest BCUT2D eigenvalue weighted by Gasteiger charge is -2.44. The Balaban J connectivity index is 1.97. The molecule has 0 bridgehead atoms. The van der Waals surface area contributed by atoms with E-state index < -0.39 is 438 Å². The second-order valence-corrected chi connectivity index (χ2v) is 23.7.